The third-order valence-corrected chi connectivity index (χ3v) is 5.18. The zero-order valence-corrected chi connectivity index (χ0v) is 15.8. The van der Waals surface area contributed by atoms with Crippen LogP contribution in [0.3, 0.4) is 0 Å². The molecule has 3 rings (SSSR count). The van der Waals surface area contributed by atoms with Crippen LogP contribution >= 0.6 is 38.9 Å². The van der Waals surface area contributed by atoms with E-state index in [0.29, 0.717) is 33.7 Å². The summed E-state index contributed by atoms with van der Waals surface area (Å²) in [6.07, 6.45) is 0.811. The second-order valence-electron chi connectivity index (χ2n) is 5.18. The van der Waals surface area contributed by atoms with Gasteiger partial charge in [0.15, 0.2) is 11.4 Å². The van der Waals surface area contributed by atoms with E-state index >= 15 is 0 Å². The number of rotatable bonds is 6. The highest BCUT2D eigenvalue weighted by Crippen LogP contribution is 2.35. The molecular weight excluding hydrogens is 421 g/mol. The number of hydrogen-bond acceptors (Lipinski definition) is 7. The molecule has 0 aliphatic carbocycles. The fraction of sp³-hybridized carbons (Fsp3) is 0.357. The van der Waals surface area contributed by atoms with Crippen LogP contribution in [-0.2, 0) is 13.0 Å². The maximum absolute atomic E-state index is 13.3. The molecule has 0 unspecified atom stereocenters. The minimum absolute atomic E-state index is 0.0837. The third-order valence-electron chi connectivity index (χ3n) is 3.42. The first-order chi connectivity index (χ1) is 11.5. The third kappa shape index (κ3) is 3.69. The number of fused-ring (bicyclic) bond motifs is 1. The van der Waals surface area contributed by atoms with Crippen molar-refractivity contribution in [3.05, 3.63) is 32.1 Å². The van der Waals surface area contributed by atoms with Crippen molar-refractivity contribution in [3.8, 4) is 0 Å². The maximum Gasteiger partial charge on any atom is 0.225 e. The number of thiazole rings is 1. The van der Waals surface area contributed by atoms with Crippen LogP contribution in [0.5, 0.6) is 0 Å². The van der Waals surface area contributed by atoms with Crippen LogP contribution in [0.4, 0.5) is 10.2 Å². The molecule has 0 bridgehead atoms. The predicted octanol–water partition coefficient (Wildman–Crippen LogP) is 3.94. The summed E-state index contributed by atoms with van der Waals surface area (Å²) in [4.78, 5) is 12.5. The van der Waals surface area contributed by atoms with Crippen LogP contribution in [-0.4, -0.2) is 27.2 Å². The zero-order chi connectivity index (χ0) is 17.3. The van der Waals surface area contributed by atoms with E-state index in [-0.39, 0.29) is 11.7 Å². The number of nitrogens with zero attached hydrogens (tertiary/aromatic N) is 3. The van der Waals surface area contributed by atoms with Gasteiger partial charge in [0.25, 0.3) is 0 Å². The summed E-state index contributed by atoms with van der Waals surface area (Å²) in [7, 11) is 0. The Morgan fingerprint density at radius 1 is 1.50 bits per heavy atom. The molecule has 0 radical (unpaired) electrons. The van der Waals surface area contributed by atoms with Crippen molar-refractivity contribution in [1.82, 2.24) is 15.0 Å². The van der Waals surface area contributed by atoms with Gasteiger partial charge in [-0.2, -0.15) is 4.98 Å². The average Bonchev–Trinajstić information content (AvgIpc) is 3.15. The van der Waals surface area contributed by atoms with Crippen LogP contribution in [0.15, 0.2) is 20.5 Å². The fourth-order valence-corrected chi connectivity index (χ4v) is 3.33. The molecule has 0 aliphatic heterocycles. The molecular formula is C14H14BrClFN5OS. The minimum atomic E-state index is -1.15. The van der Waals surface area contributed by atoms with Gasteiger partial charge in [-0.15, -0.1) is 11.3 Å². The normalized spacial score (nSPS) is 14.0. The van der Waals surface area contributed by atoms with Crippen LogP contribution < -0.4 is 11.1 Å². The monoisotopic (exact) mass is 433 g/mol. The highest BCUT2D eigenvalue weighted by molar-refractivity contribution is 9.10. The van der Waals surface area contributed by atoms with Crippen molar-refractivity contribution in [2.75, 3.05) is 5.32 Å². The van der Waals surface area contributed by atoms with Gasteiger partial charge >= 0.3 is 0 Å². The molecule has 0 amide bonds. The van der Waals surface area contributed by atoms with E-state index in [4.69, 9.17) is 21.8 Å². The molecule has 10 heteroatoms. The maximum atomic E-state index is 13.3. The van der Waals surface area contributed by atoms with Gasteiger partial charge < -0.3 is 15.5 Å². The lowest BCUT2D eigenvalue weighted by molar-refractivity contribution is 0.295. The minimum Gasteiger partial charge on any atom is -0.454 e. The van der Waals surface area contributed by atoms with Gasteiger partial charge in [0.2, 0.25) is 5.28 Å². The van der Waals surface area contributed by atoms with Crippen molar-refractivity contribution in [1.29, 1.82) is 0 Å². The van der Waals surface area contributed by atoms with E-state index in [9.17, 15) is 4.39 Å². The summed E-state index contributed by atoms with van der Waals surface area (Å²) in [5, 5.41) is 6.01. The van der Waals surface area contributed by atoms with Gasteiger partial charge in [-0.05, 0) is 34.5 Å². The summed E-state index contributed by atoms with van der Waals surface area (Å²) in [6, 6.07) is -0.669. The first kappa shape index (κ1) is 17.5. The lowest BCUT2D eigenvalue weighted by Gasteiger charge is -2.10. The Morgan fingerprint density at radius 2 is 2.29 bits per heavy atom. The summed E-state index contributed by atoms with van der Waals surface area (Å²) in [6.45, 7) is 1.90. The van der Waals surface area contributed by atoms with E-state index in [0.717, 1.165) is 5.01 Å². The van der Waals surface area contributed by atoms with Crippen molar-refractivity contribution >= 4 is 55.8 Å². The Labute approximate surface area is 154 Å². The quantitative estimate of drug-likeness (QED) is 0.571. The molecule has 24 heavy (non-hydrogen) atoms. The Bertz CT molecular complexity index is 841. The van der Waals surface area contributed by atoms with E-state index in [1.165, 1.54) is 18.3 Å². The number of hydrogen-bond donors (Lipinski definition) is 2. The molecule has 3 aromatic rings. The molecule has 2 atom stereocenters. The van der Waals surface area contributed by atoms with E-state index in [1.807, 2.05) is 5.38 Å². The van der Waals surface area contributed by atoms with Crippen LogP contribution in [0.2, 0.25) is 5.28 Å². The molecule has 0 saturated carbocycles. The predicted molar refractivity (Wildman–Crippen MR) is 96.2 cm³/mol. The average molecular weight is 435 g/mol. The van der Waals surface area contributed by atoms with E-state index < -0.39 is 12.2 Å². The van der Waals surface area contributed by atoms with Crippen molar-refractivity contribution in [3.63, 3.8) is 0 Å². The number of furan rings is 1. The first-order valence-electron chi connectivity index (χ1n) is 7.12. The van der Waals surface area contributed by atoms with Gasteiger partial charge in [-0.25, -0.2) is 14.4 Å². The Balaban J connectivity index is 1.94. The van der Waals surface area contributed by atoms with E-state index in [2.05, 4.69) is 36.2 Å². The number of nitrogens with one attached hydrogen (secondary N) is 1. The summed E-state index contributed by atoms with van der Waals surface area (Å²) in [5.74, 6) is 0.963. The van der Waals surface area contributed by atoms with Gasteiger partial charge in [0.05, 0.1) is 11.0 Å². The van der Waals surface area contributed by atoms with Crippen molar-refractivity contribution in [2.45, 2.75) is 32.1 Å². The van der Waals surface area contributed by atoms with Crippen molar-refractivity contribution in [2.24, 2.45) is 5.73 Å². The largest absolute Gasteiger partial charge is 0.454 e. The van der Waals surface area contributed by atoms with Gasteiger partial charge in [0.1, 0.15) is 22.5 Å². The number of alkyl halides is 1. The molecule has 6 nitrogen and oxygen atoms in total. The topological polar surface area (TPSA) is 89.9 Å². The molecule has 0 aliphatic rings. The SMILES string of the molecule is C[C@H](F)[C@H](N)Cc1oc2c(NCc3nccs3)nc(Cl)nc2c1Br. The second kappa shape index (κ2) is 7.30. The Morgan fingerprint density at radius 3 is 2.96 bits per heavy atom. The van der Waals surface area contributed by atoms with Crippen LogP contribution in [0, 0.1) is 0 Å². The van der Waals surface area contributed by atoms with Gasteiger partial charge in [-0.3, -0.25) is 0 Å². The highest BCUT2D eigenvalue weighted by atomic mass is 79.9. The highest BCUT2D eigenvalue weighted by Gasteiger charge is 2.22. The number of aromatic nitrogens is 3. The second-order valence-corrected chi connectivity index (χ2v) is 7.29. The van der Waals surface area contributed by atoms with Gasteiger partial charge in [0, 0.05) is 24.0 Å². The number of nitrogens with two attached hydrogens (primary N) is 1. The first-order valence-corrected chi connectivity index (χ1v) is 9.17. The fourth-order valence-electron chi connectivity index (χ4n) is 2.10. The Kier molecular flexibility index (Phi) is 5.33. The lowest BCUT2D eigenvalue weighted by atomic mass is 10.1. The summed E-state index contributed by atoms with van der Waals surface area (Å²) < 4.78 is 19.8. The number of halogens is 3. The summed E-state index contributed by atoms with van der Waals surface area (Å²) in [5.41, 5.74) is 6.75. The smallest absolute Gasteiger partial charge is 0.225 e. The molecule has 0 saturated heterocycles. The molecule has 3 N–H and O–H groups in total. The Hall–Kier alpha value is -1.29. The van der Waals surface area contributed by atoms with E-state index in [1.54, 1.807) is 6.20 Å². The molecule has 3 aromatic heterocycles. The number of anilines is 1. The zero-order valence-electron chi connectivity index (χ0n) is 12.6. The van der Waals surface area contributed by atoms with Crippen molar-refractivity contribution < 1.29 is 8.81 Å². The molecule has 128 valence electrons. The molecule has 0 spiro atoms. The van der Waals surface area contributed by atoms with Crippen LogP contribution in [0.1, 0.15) is 17.7 Å². The molecule has 0 aromatic carbocycles. The lowest BCUT2D eigenvalue weighted by Crippen LogP contribution is -2.31. The van der Waals surface area contributed by atoms with Crippen LogP contribution in [0.25, 0.3) is 11.1 Å². The standard InChI is InChI=1S/C14H14BrClFN5OS/c1-6(17)7(18)4-8-10(15)11-12(23-8)13(22-14(16)21-11)20-5-9-19-2-3-24-9/h2-3,6-7H,4-5,18H2,1H3,(H,20,21,22)/t6-,7+/m0/s1. The summed E-state index contributed by atoms with van der Waals surface area (Å²) >= 11 is 11.0. The molecule has 3 heterocycles. The molecule has 0 fully saturated rings. The van der Waals surface area contributed by atoms with Gasteiger partial charge in [-0.1, -0.05) is 0 Å².